The highest BCUT2D eigenvalue weighted by Gasteiger charge is 2.27. The average Bonchev–Trinajstić information content (AvgIpc) is 3.44. The number of nitrogens with zero attached hydrogens (tertiary/aromatic N) is 6. The third-order valence-electron chi connectivity index (χ3n) is 5.75. The van der Waals surface area contributed by atoms with Crippen LogP contribution in [-0.4, -0.2) is 58.3 Å². The summed E-state index contributed by atoms with van der Waals surface area (Å²) in [5, 5.41) is 8.75. The fourth-order valence-electron chi connectivity index (χ4n) is 3.99. The molecule has 32 heavy (non-hydrogen) atoms. The lowest BCUT2D eigenvalue weighted by Crippen LogP contribution is -2.51. The lowest BCUT2D eigenvalue weighted by atomic mass is 10.1. The maximum atomic E-state index is 12.7. The first-order chi connectivity index (χ1) is 15.5. The monoisotopic (exact) mass is 451 g/mol. The van der Waals surface area contributed by atoms with E-state index in [0.29, 0.717) is 26.2 Å². The van der Waals surface area contributed by atoms with Crippen LogP contribution in [0.2, 0.25) is 0 Å². The highest BCUT2D eigenvalue weighted by Crippen LogP contribution is 2.26. The van der Waals surface area contributed by atoms with Gasteiger partial charge < -0.3 is 4.90 Å². The van der Waals surface area contributed by atoms with Crippen molar-refractivity contribution in [1.29, 1.82) is 0 Å². The summed E-state index contributed by atoms with van der Waals surface area (Å²) in [6.07, 6.45) is 7.64. The van der Waals surface area contributed by atoms with Crippen molar-refractivity contribution < 1.29 is 8.42 Å². The van der Waals surface area contributed by atoms with Gasteiger partial charge in [0, 0.05) is 63.3 Å². The second-order valence-corrected chi connectivity index (χ2v) is 9.63. The van der Waals surface area contributed by atoms with Gasteiger partial charge in [-0.05, 0) is 11.6 Å². The van der Waals surface area contributed by atoms with Crippen molar-refractivity contribution in [2.45, 2.75) is 6.54 Å². The Bertz CT molecular complexity index is 1320. The van der Waals surface area contributed by atoms with Crippen LogP contribution in [0.5, 0.6) is 0 Å². The highest BCUT2D eigenvalue weighted by atomic mass is 32.2. The number of piperazine rings is 1. The number of benzene rings is 1. The van der Waals surface area contributed by atoms with Gasteiger partial charge in [0.25, 0.3) is 10.2 Å². The molecule has 0 spiro atoms. The molecule has 0 atom stereocenters. The number of rotatable bonds is 6. The topological polar surface area (TPSA) is 87.8 Å². The second kappa shape index (κ2) is 8.38. The Labute approximate surface area is 187 Å². The van der Waals surface area contributed by atoms with E-state index in [2.05, 4.69) is 32.0 Å². The predicted octanol–water partition coefficient (Wildman–Crippen LogP) is 1.89. The molecule has 1 aromatic carbocycles. The molecule has 1 aliphatic heterocycles. The van der Waals surface area contributed by atoms with Crippen LogP contribution in [-0.2, 0) is 23.8 Å². The maximum Gasteiger partial charge on any atom is 0.279 e. The summed E-state index contributed by atoms with van der Waals surface area (Å²) in [6.45, 7) is 2.36. The number of hydrogen-bond acceptors (Lipinski definition) is 5. The van der Waals surface area contributed by atoms with Crippen molar-refractivity contribution in [1.82, 2.24) is 28.4 Å². The van der Waals surface area contributed by atoms with E-state index < -0.39 is 10.2 Å². The number of aromatic nitrogens is 4. The Morgan fingerprint density at radius 3 is 2.41 bits per heavy atom. The molecule has 166 valence electrons. The van der Waals surface area contributed by atoms with Crippen LogP contribution in [0.15, 0.2) is 67.3 Å². The van der Waals surface area contributed by atoms with E-state index in [1.807, 2.05) is 66.7 Å². The average molecular weight is 452 g/mol. The normalized spacial score (nSPS) is 15.5. The molecule has 1 saturated heterocycles. The fourth-order valence-corrected chi connectivity index (χ4v) is 5.16. The molecule has 1 N–H and O–H groups in total. The summed E-state index contributed by atoms with van der Waals surface area (Å²) >= 11 is 0. The van der Waals surface area contributed by atoms with Crippen LogP contribution in [0.4, 0.5) is 5.69 Å². The maximum absolute atomic E-state index is 12.7. The Morgan fingerprint density at radius 2 is 1.69 bits per heavy atom. The van der Waals surface area contributed by atoms with Crippen molar-refractivity contribution >= 4 is 21.4 Å². The molecule has 3 aromatic heterocycles. The lowest BCUT2D eigenvalue weighted by Gasteiger charge is -2.34. The van der Waals surface area contributed by atoms with Crippen LogP contribution in [0.1, 0.15) is 5.56 Å². The number of fused-ring (bicyclic) bond motifs is 1. The molecule has 0 aliphatic carbocycles. The zero-order valence-electron chi connectivity index (χ0n) is 17.8. The molecule has 0 radical (unpaired) electrons. The van der Waals surface area contributed by atoms with E-state index in [1.165, 1.54) is 4.31 Å². The number of hydrogen-bond donors (Lipinski definition) is 1. The Morgan fingerprint density at radius 1 is 0.906 bits per heavy atom. The van der Waals surface area contributed by atoms with Crippen LogP contribution >= 0.6 is 0 Å². The molecular weight excluding hydrogens is 426 g/mol. The van der Waals surface area contributed by atoms with Crippen molar-refractivity contribution in [3.05, 3.63) is 72.8 Å². The van der Waals surface area contributed by atoms with E-state index in [-0.39, 0.29) is 6.54 Å². The molecule has 0 amide bonds. The summed E-state index contributed by atoms with van der Waals surface area (Å²) in [5.74, 6) is 0. The first kappa shape index (κ1) is 20.7. The van der Waals surface area contributed by atoms with Gasteiger partial charge >= 0.3 is 0 Å². The molecule has 0 saturated carbocycles. The molecule has 0 unspecified atom stereocenters. The van der Waals surface area contributed by atoms with Gasteiger partial charge in [-0.2, -0.15) is 27.6 Å². The van der Waals surface area contributed by atoms with Crippen molar-refractivity contribution in [3.8, 4) is 11.1 Å². The minimum Gasteiger partial charge on any atom is -0.366 e. The molecule has 0 bridgehead atoms. The molecule has 1 fully saturated rings. The third kappa shape index (κ3) is 4.12. The minimum absolute atomic E-state index is 0.288. The summed E-state index contributed by atoms with van der Waals surface area (Å²) in [6, 6.07) is 13.6. The quantitative estimate of drug-likeness (QED) is 0.484. The summed E-state index contributed by atoms with van der Waals surface area (Å²) in [5.41, 5.74) is 5.02. The standard InChI is InChI=1S/C22H25N7O2S/c1-26-16-20(14-23-26)19-7-8-21-22(15-24-29(21)17-19)27-9-11-28(12-10-27)32(30,31)25-13-18-5-3-2-4-6-18/h2-8,14-17,25H,9-13H2,1H3. The zero-order chi connectivity index (χ0) is 22.1. The molecule has 10 heteroatoms. The Balaban J connectivity index is 1.25. The van der Waals surface area contributed by atoms with Crippen LogP contribution in [0.3, 0.4) is 0 Å². The molecule has 1 aliphatic rings. The largest absolute Gasteiger partial charge is 0.366 e. The van der Waals surface area contributed by atoms with Gasteiger partial charge in [-0.1, -0.05) is 36.4 Å². The van der Waals surface area contributed by atoms with E-state index >= 15 is 0 Å². The van der Waals surface area contributed by atoms with E-state index in [0.717, 1.165) is 27.9 Å². The SMILES string of the molecule is Cn1cc(-c2ccc3c(N4CCN(S(=O)(=O)NCc5ccccc5)CC4)cnn3c2)cn1. The van der Waals surface area contributed by atoms with Crippen molar-refractivity contribution in [3.63, 3.8) is 0 Å². The first-order valence-electron chi connectivity index (χ1n) is 10.5. The Kier molecular flexibility index (Phi) is 5.41. The smallest absolute Gasteiger partial charge is 0.279 e. The molecule has 4 aromatic rings. The minimum atomic E-state index is -3.52. The summed E-state index contributed by atoms with van der Waals surface area (Å²) in [7, 11) is -1.63. The van der Waals surface area contributed by atoms with Crippen molar-refractivity contribution in [2.24, 2.45) is 7.05 Å². The number of anilines is 1. The number of pyridine rings is 1. The van der Waals surface area contributed by atoms with Gasteiger partial charge in [-0.3, -0.25) is 4.68 Å². The molecule has 5 rings (SSSR count). The number of aryl methyl sites for hydroxylation is 1. The highest BCUT2D eigenvalue weighted by molar-refractivity contribution is 7.87. The molecule has 9 nitrogen and oxygen atoms in total. The van der Waals surface area contributed by atoms with Crippen LogP contribution < -0.4 is 9.62 Å². The van der Waals surface area contributed by atoms with E-state index in [1.54, 1.807) is 4.68 Å². The molecular formula is C22H25N7O2S. The second-order valence-electron chi connectivity index (χ2n) is 7.88. The summed E-state index contributed by atoms with van der Waals surface area (Å²) < 4.78 is 33.3. The van der Waals surface area contributed by atoms with Gasteiger partial charge in [0.1, 0.15) is 0 Å². The Hall–Kier alpha value is -3.21. The number of nitrogens with one attached hydrogen (secondary N) is 1. The van der Waals surface area contributed by atoms with Gasteiger partial charge in [-0.25, -0.2) is 4.52 Å². The van der Waals surface area contributed by atoms with E-state index in [9.17, 15) is 8.42 Å². The zero-order valence-corrected chi connectivity index (χ0v) is 18.6. The first-order valence-corrected chi connectivity index (χ1v) is 11.9. The van der Waals surface area contributed by atoms with Gasteiger partial charge in [0.2, 0.25) is 0 Å². The predicted molar refractivity (Wildman–Crippen MR) is 123 cm³/mol. The van der Waals surface area contributed by atoms with Gasteiger partial charge in [0.15, 0.2) is 0 Å². The fraction of sp³-hybridized carbons (Fsp3) is 0.273. The van der Waals surface area contributed by atoms with Crippen LogP contribution in [0.25, 0.3) is 16.6 Å². The van der Waals surface area contributed by atoms with Gasteiger partial charge in [-0.15, -0.1) is 0 Å². The third-order valence-corrected chi connectivity index (χ3v) is 7.31. The summed E-state index contributed by atoms with van der Waals surface area (Å²) in [4.78, 5) is 2.19. The van der Waals surface area contributed by atoms with Crippen molar-refractivity contribution in [2.75, 3.05) is 31.1 Å². The molecule has 4 heterocycles. The van der Waals surface area contributed by atoms with Crippen LogP contribution in [0, 0.1) is 0 Å². The van der Waals surface area contributed by atoms with Gasteiger partial charge in [0.05, 0.1) is 23.6 Å². The lowest BCUT2D eigenvalue weighted by molar-refractivity contribution is 0.378. The van der Waals surface area contributed by atoms with E-state index in [4.69, 9.17) is 0 Å².